The van der Waals surface area contributed by atoms with E-state index in [0.717, 1.165) is 35.1 Å². The minimum Gasteiger partial charge on any atom is -0.457 e. The van der Waals surface area contributed by atoms with Crippen LogP contribution in [0.15, 0.2) is 72.8 Å². The lowest BCUT2D eigenvalue weighted by Crippen LogP contribution is -2.66. The van der Waals surface area contributed by atoms with E-state index < -0.39 is 24.1 Å². The van der Waals surface area contributed by atoms with Gasteiger partial charge in [0.1, 0.15) is 35.8 Å². The Morgan fingerprint density at radius 1 is 0.974 bits per heavy atom. The van der Waals surface area contributed by atoms with E-state index in [0.29, 0.717) is 6.54 Å². The SMILES string of the molecule is CN1C(=O)N(Cc2c(F)cccc2Cl)C(=O)C2C1NC1N(c3ccc(Oc4ccccc4)cc3)CCCN21. The normalized spacial score (nSPS) is 23.4. The van der Waals surface area contributed by atoms with Gasteiger partial charge in [0.05, 0.1) is 6.54 Å². The first-order valence-electron chi connectivity index (χ1n) is 12.5. The van der Waals surface area contributed by atoms with Crippen LogP contribution in [0.1, 0.15) is 12.0 Å². The summed E-state index contributed by atoms with van der Waals surface area (Å²) >= 11 is 6.20. The summed E-state index contributed by atoms with van der Waals surface area (Å²) in [7, 11) is 1.66. The van der Waals surface area contributed by atoms with Gasteiger partial charge in [-0.15, -0.1) is 0 Å². The first-order valence-corrected chi connectivity index (χ1v) is 12.9. The molecule has 1 N–H and O–H groups in total. The molecule has 196 valence electrons. The Bertz CT molecular complexity index is 1340. The highest BCUT2D eigenvalue weighted by atomic mass is 35.5. The summed E-state index contributed by atoms with van der Waals surface area (Å²) in [6.45, 7) is 1.25. The van der Waals surface area contributed by atoms with Crippen molar-refractivity contribution in [3.8, 4) is 11.5 Å². The number of anilines is 1. The number of rotatable bonds is 5. The number of amides is 3. The summed E-state index contributed by atoms with van der Waals surface area (Å²) in [6.07, 6.45) is 0.0535. The van der Waals surface area contributed by atoms with E-state index in [1.165, 1.54) is 17.0 Å². The fourth-order valence-electron chi connectivity index (χ4n) is 5.50. The Hall–Kier alpha value is -3.66. The summed E-state index contributed by atoms with van der Waals surface area (Å²) in [5, 5.41) is 3.68. The highest BCUT2D eigenvalue weighted by Gasteiger charge is 2.56. The van der Waals surface area contributed by atoms with E-state index in [1.54, 1.807) is 13.1 Å². The first kappa shape index (κ1) is 24.7. The zero-order valence-electron chi connectivity index (χ0n) is 20.8. The number of fused-ring (bicyclic) bond motifs is 3. The summed E-state index contributed by atoms with van der Waals surface area (Å²) in [5.41, 5.74) is 1.10. The first-order chi connectivity index (χ1) is 18.4. The fraction of sp³-hybridized carbons (Fsp3) is 0.286. The number of imide groups is 1. The summed E-state index contributed by atoms with van der Waals surface area (Å²) in [5.74, 6) is 0.582. The summed E-state index contributed by atoms with van der Waals surface area (Å²) in [6, 6.07) is 20.7. The van der Waals surface area contributed by atoms with Gasteiger partial charge in [-0.3, -0.25) is 19.9 Å². The molecule has 0 spiro atoms. The molecule has 3 unspecified atom stereocenters. The minimum absolute atomic E-state index is 0.128. The second kappa shape index (κ2) is 9.90. The van der Waals surface area contributed by atoms with Crippen molar-refractivity contribution in [1.29, 1.82) is 0 Å². The Labute approximate surface area is 225 Å². The number of urea groups is 1. The molecule has 3 amide bonds. The molecule has 0 saturated carbocycles. The molecule has 6 rings (SSSR count). The number of hydrogen-bond acceptors (Lipinski definition) is 6. The van der Waals surface area contributed by atoms with Gasteiger partial charge in [-0.1, -0.05) is 35.9 Å². The molecule has 3 fully saturated rings. The number of hydrogen-bond donors (Lipinski definition) is 1. The van der Waals surface area contributed by atoms with Crippen molar-refractivity contribution < 1.29 is 18.7 Å². The van der Waals surface area contributed by atoms with Crippen molar-refractivity contribution in [2.75, 3.05) is 25.0 Å². The van der Waals surface area contributed by atoms with Crippen molar-refractivity contribution in [2.45, 2.75) is 31.5 Å². The molecule has 3 aliphatic rings. The second-order valence-electron chi connectivity index (χ2n) is 9.64. The number of likely N-dealkylation sites (N-methyl/N-ethyl adjacent to an activating group) is 1. The van der Waals surface area contributed by atoms with Crippen LogP contribution in [0.2, 0.25) is 5.02 Å². The predicted molar refractivity (Wildman–Crippen MR) is 141 cm³/mol. The Morgan fingerprint density at radius 3 is 2.45 bits per heavy atom. The third-order valence-electron chi connectivity index (χ3n) is 7.40. The number of carbonyl (C=O) groups excluding carboxylic acids is 2. The number of carbonyl (C=O) groups is 2. The lowest BCUT2D eigenvalue weighted by Gasteiger charge is -2.44. The number of para-hydroxylation sites is 1. The molecular weight excluding hydrogens is 509 g/mol. The molecule has 38 heavy (non-hydrogen) atoms. The van der Waals surface area contributed by atoms with Crippen LogP contribution in [0, 0.1) is 5.82 Å². The van der Waals surface area contributed by atoms with Gasteiger partial charge < -0.3 is 14.5 Å². The topological polar surface area (TPSA) is 68.4 Å². The highest BCUT2D eigenvalue weighted by molar-refractivity contribution is 6.31. The molecule has 3 heterocycles. The van der Waals surface area contributed by atoms with Gasteiger partial charge in [0.25, 0.3) is 5.91 Å². The van der Waals surface area contributed by atoms with Gasteiger partial charge in [-0.25, -0.2) is 9.18 Å². The van der Waals surface area contributed by atoms with Crippen molar-refractivity contribution in [3.05, 3.63) is 89.2 Å². The van der Waals surface area contributed by atoms with Gasteiger partial charge in [-0.2, -0.15) is 0 Å². The summed E-state index contributed by atoms with van der Waals surface area (Å²) in [4.78, 5) is 33.8. The van der Waals surface area contributed by atoms with E-state index >= 15 is 0 Å². The zero-order chi connectivity index (χ0) is 26.4. The van der Waals surface area contributed by atoms with E-state index in [9.17, 15) is 14.0 Å². The van der Waals surface area contributed by atoms with Crippen LogP contribution in [0.5, 0.6) is 11.5 Å². The molecule has 3 aliphatic heterocycles. The van der Waals surface area contributed by atoms with Crippen LogP contribution in [-0.2, 0) is 11.3 Å². The monoisotopic (exact) mass is 535 g/mol. The van der Waals surface area contributed by atoms with Crippen LogP contribution >= 0.6 is 11.6 Å². The Morgan fingerprint density at radius 2 is 1.71 bits per heavy atom. The average Bonchev–Trinajstić information content (AvgIpc) is 3.33. The van der Waals surface area contributed by atoms with E-state index in [1.807, 2.05) is 54.6 Å². The molecule has 0 bridgehead atoms. The lowest BCUT2D eigenvalue weighted by atomic mass is 10.1. The molecule has 0 aliphatic carbocycles. The van der Waals surface area contributed by atoms with E-state index in [-0.39, 0.29) is 29.3 Å². The molecule has 8 nitrogen and oxygen atoms in total. The van der Waals surface area contributed by atoms with Gasteiger partial charge in [0, 0.05) is 36.4 Å². The number of nitrogens with one attached hydrogen (secondary N) is 1. The van der Waals surface area contributed by atoms with Crippen molar-refractivity contribution >= 4 is 29.2 Å². The Kier molecular flexibility index (Phi) is 6.43. The molecule has 3 aromatic rings. The van der Waals surface area contributed by atoms with Crippen LogP contribution < -0.4 is 15.0 Å². The van der Waals surface area contributed by atoms with Crippen LogP contribution in [0.3, 0.4) is 0 Å². The smallest absolute Gasteiger partial charge is 0.328 e. The fourth-order valence-corrected chi connectivity index (χ4v) is 5.72. The third kappa shape index (κ3) is 4.26. The standard InChI is InChI=1S/C28H27ClFN5O3/c1-32-25-24(26(36)35(28(32)37)17-21-22(29)9-5-10-23(21)30)34-16-6-15-33(27(34)31-25)18-11-13-20(14-12-18)38-19-7-3-2-4-8-19/h2-5,7-14,24-25,27,31H,6,15-17H2,1H3. The zero-order valence-corrected chi connectivity index (χ0v) is 21.5. The van der Waals surface area contributed by atoms with E-state index in [2.05, 4.69) is 15.1 Å². The van der Waals surface area contributed by atoms with Gasteiger partial charge in [-0.05, 0) is 55.0 Å². The Balaban J connectivity index is 1.23. The third-order valence-corrected chi connectivity index (χ3v) is 7.75. The molecule has 0 radical (unpaired) electrons. The number of halogens is 2. The van der Waals surface area contributed by atoms with Crippen LogP contribution in [0.25, 0.3) is 0 Å². The molecule has 0 aromatic heterocycles. The average molecular weight is 536 g/mol. The number of nitrogens with zero attached hydrogens (tertiary/aromatic N) is 4. The van der Waals surface area contributed by atoms with Crippen LogP contribution in [-0.4, -0.2) is 65.3 Å². The maximum Gasteiger partial charge on any atom is 0.328 e. The molecule has 3 aromatic carbocycles. The lowest BCUT2D eigenvalue weighted by molar-refractivity contribution is -0.139. The van der Waals surface area contributed by atoms with Gasteiger partial charge >= 0.3 is 6.03 Å². The maximum atomic E-state index is 14.5. The van der Waals surface area contributed by atoms with Gasteiger partial charge in [0.15, 0.2) is 0 Å². The maximum absolute atomic E-state index is 14.5. The second-order valence-corrected chi connectivity index (χ2v) is 10.0. The van der Waals surface area contributed by atoms with Crippen molar-refractivity contribution in [3.63, 3.8) is 0 Å². The molecule has 3 saturated heterocycles. The van der Waals surface area contributed by atoms with Crippen molar-refractivity contribution in [2.24, 2.45) is 0 Å². The van der Waals surface area contributed by atoms with Crippen molar-refractivity contribution in [1.82, 2.24) is 20.0 Å². The van der Waals surface area contributed by atoms with E-state index in [4.69, 9.17) is 16.3 Å². The quantitative estimate of drug-likeness (QED) is 0.520. The highest BCUT2D eigenvalue weighted by Crippen LogP contribution is 2.35. The molecule has 3 atom stereocenters. The number of ether oxygens (including phenoxy) is 1. The predicted octanol–water partition coefficient (Wildman–Crippen LogP) is 4.46. The molecule has 10 heteroatoms. The largest absolute Gasteiger partial charge is 0.457 e. The summed E-state index contributed by atoms with van der Waals surface area (Å²) < 4.78 is 20.4. The van der Waals surface area contributed by atoms with Gasteiger partial charge in [0.2, 0.25) is 0 Å². The van der Waals surface area contributed by atoms with Crippen LogP contribution in [0.4, 0.5) is 14.9 Å². The number of benzene rings is 3. The molecular formula is C28H27ClFN5O3. The minimum atomic E-state index is -0.600.